The first kappa shape index (κ1) is 17.3. The maximum absolute atomic E-state index is 10.8. The van der Waals surface area contributed by atoms with Crippen LogP contribution in [0.4, 0.5) is 0 Å². The summed E-state index contributed by atoms with van der Waals surface area (Å²) in [4.78, 5) is 13.2. The van der Waals surface area contributed by atoms with E-state index in [-0.39, 0.29) is 0 Å². The molecule has 0 aliphatic carbocycles. The van der Waals surface area contributed by atoms with Crippen molar-refractivity contribution in [2.45, 2.75) is 19.8 Å². The third kappa shape index (κ3) is 5.60. The first-order valence-corrected chi connectivity index (χ1v) is 8.09. The van der Waals surface area contributed by atoms with E-state index in [9.17, 15) is 4.79 Å². The summed E-state index contributed by atoms with van der Waals surface area (Å²) in [5, 5.41) is 0. The highest BCUT2D eigenvalue weighted by atomic mass is 16.5. The van der Waals surface area contributed by atoms with Gasteiger partial charge in [0.05, 0.1) is 7.11 Å². The normalized spacial score (nSPS) is 16.6. The maximum atomic E-state index is 10.8. The van der Waals surface area contributed by atoms with Gasteiger partial charge in [0.15, 0.2) is 11.5 Å². The van der Waals surface area contributed by atoms with Gasteiger partial charge in [-0.2, -0.15) is 0 Å². The number of hydrogen-bond donors (Lipinski definition) is 1. The van der Waals surface area contributed by atoms with Gasteiger partial charge in [-0.15, -0.1) is 0 Å². The Labute approximate surface area is 138 Å². The highest BCUT2D eigenvalue weighted by Gasteiger charge is 2.15. The number of methoxy groups -OCH3 is 1. The fraction of sp³-hybridized carbons (Fsp3) is 0.500. The van der Waals surface area contributed by atoms with Crippen molar-refractivity contribution in [3.8, 4) is 11.5 Å². The molecule has 1 fully saturated rings. The van der Waals surface area contributed by atoms with Gasteiger partial charge in [-0.1, -0.05) is 13.0 Å². The molecule has 5 nitrogen and oxygen atoms in total. The lowest BCUT2D eigenvalue weighted by Gasteiger charge is -2.30. The third-order valence-electron chi connectivity index (χ3n) is 4.17. The Bertz CT molecular complexity index is 549. The molecule has 0 bridgehead atoms. The van der Waals surface area contributed by atoms with Crippen molar-refractivity contribution >= 4 is 12.0 Å². The minimum atomic E-state index is -0.472. The summed E-state index contributed by atoms with van der Waals surface area (Å²) in [6.45, 7) is 6.18. The molecular weight excluding hydrogens is 292 g/mol. The molecule has 2 N–H and O–H groups in total. The summed E-state index contributed by atoms with van der Waals surface area (Å²) in [6, 6.07) is 5.56. The average molecular weight is 318 g/mol. The van der Waals surface area contributed by atoms with Gasteiger partial charge in [-0.25, -0.2) is 0 Å². The smallest absolute Gasteiger partial charge is 0.241 e. The average Bonchev–Trinajstić information content (AvgIpc) is 2.55. The molecule has 1 saturated heterocycles. The fourth-order valence-electron chi connectivity index (χ4n) is 2.66. The lowest BCUT2D eigenvalue weighted by atomic mass is 9.99. The van der Waals surface area contributed by atoms with Crippen molar-refractivity contribution in [3.05, 3.63) is 29.8 Å². The van der Waals surface area contributed by atoms with Crippen LogP contribution in [-0.4, -0.2) is 44.2 Å². The Morgan fingerprint density at radius 2 is 2.09 bits per heavy atom. The van der Waals surface area contributed by atoms with Gasteiger partial charge in [0.1, 0.15) is 6.61 Å². The Hall–Kier alpha value is -2.01. The van der Waals surface area contributed by atoms with E-state index in [1.165, 1.54) is 18.9 Å². The first-order chi connectivity index (χ1) is 11.1. The number of benzene rings is 1. The summed E-state index contributed by atoms with van der Waals surface area (Å²) in [5.74, 6) is 1.74. The quantitative estimate of drug-likeness (QED) is 0.784. The maximum Gasteiger partial charge on any atom is 0.241 e. The van der Waals surface area contributed by atoms with Crippen LogP contribution in [0.5, 0.6) is 11.5 Å². The van der Waals surface area contributed by atoms with Gasteiger partial charge < -0.3 is 15.2 Å². The molecule has 1 amide bonds. The Morgan fingerprint density at radius 1 is 1.35 bits per heavy atom. The summed E-state index contributed by atoms with van der Waals surface area (Å²) in [5.41, 5.74) is 5.94. The highest BCUT2D eigenvalue weighted by molar-refractivity contribution is 5.90. The van der Waals surface area contributed by atoms with Crippen LogP contribution in [0.25, 0.3) is 6.08 Å². The van der Waals surface area contributed by atoms with Gasteiger partial charge in [-0.3, -0.25) is 9.69 Å². The van der Waals surface area contributed by atoms with Gasteiger partial charge in [0.25, 0.3) is 0 Å². The van der Waals surface area contributed by atoms with Gasteiger partial charge in [0, 0.05) is 12.6 Å². The molecule has 0 atom stereocenters. The molecule has 1 aliphatic rings. The second-order valence-corrected chi connectivity index (χ2v) is 6.02. The van der Waals surface area contributed by atoms with E-state index in [0.29, 0.717) is 18.1 Å². The lowest BCUT2D eigenvalue weighted by molar-refractivity contribution is -0.113. The highest BCUT2D eigenvalue weighted by Crippen LogP contribution is 2.28. The topological polar surface area (TPSA) is 64.8 Å². The van der Waals surface area contributed by atoms with Crippen LogP contribution < -0.4 is 15.2 Å². The number of rotatable bonds is 7. The van der Waals surface area contributed by atoms with E-state index in [4.69, 9.17) is 15.2 Å². The van der Waals surface area contributed by atoms with E-state index < -0.39 is 5.91 Å². The van der Waals surface area contributed by atoms with Crippen LogP contribution in [0, 0.1) is 5.92 Å². The monoisotopic (exact) mass is 318 g/mol. The molecule has 0 spiro atoms. The largest absolute Gasteiger partial charge is 0.493 e. The zero-order chi connectivity index (χ0) is 16.7. The molecule has 5 heteroatoms. The molecule has 0 saturated carbocycles. The molecule has 126 valence electrons. The van der Waals surface area contributed by atoms with Gasteiger partial charge in [0.2, 0.25) is 5.91 Å². The predicted octanol–water partition coefficient (Wildman–Crippen LogP) is 2.30. The van der Waals surface area contributed by atoms with E-state index in [1.807, 2.05) is 18.2 Å². The molecule has 1 heterocycles. The molecular formula is C18H26N2O3. The number of ether oxygens (including phenoxy) is 2. The zero-order valence-corrected chi connectivity index (χ0v) is 14.0. The van der Waals surface area contributed by atoms with Crippen molar-refractivity contribution in [2.24, 2.45) is 11.7 Å². The second kappa shape index (κ2) is 8.58. The summed E-state index contributed by atoms with van der Waals surface area (Å²) >= 11 is 0. The van der Waals surface area contributed by atoms with Crippen LogP contribution in [0.3, 0.4) is 0 Å². The first-order valence-electron chi connectivity index (χ1n) is 8.09. The molecule has 1 aromatic carbocycles. The summed E-state index contributed by atoms with van der Waals surface area (Å²) in [6.07, 6.45) is 5.52. The number of carbonyl (C=O) groups is 1. The molecule has 1 aromatic rings. The lowest BCUT2D eigenvalue weighted by Crippen LogP contribution is -2.35. The molecule has 1 aliphatic heterocycles. The molecule has 0 aromatic heterocycles. The molecule has 0 unspecified atom stereocenters. The number of hydrogen-bond acceptors (Lipinski definition) is 4. The van der Waals surface area contributed by atoms with Crippen LogP contribution in [0.15, 0.2) is 24.3 Å². The number of carbonyl (C=O) groups excluding carboxylic acids is 1. The van der Waals surface area contributed by atoms with Crippen molar-refractivity contribution in [2.75, 3.05) is 33.4 Å². The van der Waals surface area contributed by atoms with Crippen molar-refractivity contribution < 1.29 is 14.3 Å². The SMILES string of the molecule is COc1cc(/C=C\C(N)=O)ccc1OCCN1CCC(C)CC1. The van der Waals surface area contributed by atoms with E-state index in [2.05, 4.69) is 11.8 Å². The molecule has 0 radical (unpaired) electrons. The number of primary amides is 1. The molecule has 2 rings (SSSR count). The third-order valence-corrected chi connectivity index (χ3v) is 4.17. The number of nitrogens with zero attached hydrogens (tertiary/aromatic N) is 1. The van der Waals surface area contributed by atoms with Gasteiger partial charge >= 0.3 is 0 Å². The number of nitrogens with two attached hydrogens (primary N) is 1. The van der Waals surface area contributed by atoms with Crippen molar-refractivity contribution in [1.29, 1.82) is 0 Å². The Balaban J connectivity index is 1.88. The van der Waals surface area contributed by atoms with E-state index in [0.717, 1.165) is 31.1 Å². The molecule has 23 heavy (non-hydrogen) atoms. The van der Waals surface area contributed by atoms with Crippen molar-refractivity contribution in [1.82, 2.24) is 4.90 Å². The minimum absolute atomic E-state index is 0.472. The number of likely N-dealkylation sites (tertiary alicyclic amines) is 1. The fourth-order valence-corrected chi connectivity index (χ4v) is 2.66. The van der Waals surface area contributed by atoms with Crippen molar-refractivity contribution in [3.63, 3.8) is 0 Å². The van der Waals surface area contributed by atoms with Gasteiger partial charge in [-0.05, 0) is 55.6 Å². The van der Waals surface area contributed by atoms with Crippen LogP contribution in [0.1, 0.15) is 25.3 Å². The summed E-state index contributed by atoms with van der Waals surface area (Å²) in [7, 11) is 1.61. The van der Waals surface area contributed by atoms with Crippen LogP contribution in [-0.2, 0) is 4.79 Å². The number of amides is 1. The Morgan fingerprint density at radius 3 is 2.74 bits per heavy atom. The van der Waals surface area contributed by atoms with Crippen LogP contribution in [0.2, 0.25) is 0 Å². The predicted molar refractivity (Wildman–Crippen MR) is 91.6 cm³/mol. The standard InChI is InChI=1S/C18H26N2O3/c1-14-7-9-20(10-8-14)11-12-23-16-5-3-15(4-6-18(19)21)13-17(16)22-2/h3-6,13-14H,7-12H2,1-2H3,(H2,19,21)/b6-4-. The van der Waals surface area contributed by atoms with E-state index >= 15 is 0 Å². The number of piperidine rings is 1. The Kier molecular flexibility index (Phi) is 6.47. The van der Waals surface area contributed by atoms with Crippen LogP contribution >= 0.6 is 0 Å². The zero-order valence-electron chi connectivity index (χ0n) is 14.0. The second-order valence-electron chi connectivity index (χ2n) is 6.02. The minimum Gasteiger partial charge on any atom is -0.493 e. The van der Waals surface area contributed by atoms with E-state index in [1.54, 1.807) is 13.2 Å². The summed E-state index contributed by atoms with van der Waals surface area (Å²) < 4.78 is 11.2.